The lowest BCUT2D eigenvalue weighted by Crippen LogP contribution is -2.33. The molecule has 5 atom stereocenters. The van der Waals surface area contributed by atoms with Crippen LogP contribution in [-0.4, -0.2) is 17.7 Å². The minimum absolute atomic E-state index is 0.121. The van der Waals surface area contributed by atoms with E-state index in [4.69, 9.17) is 11.6 Å². The van der Waals surface area contributed by atoms with Gasteiger partial charge in [-0.3, -0.25) is 19.3 Å². The van der Waals surface area contributed by atoms with E-state index in [1.807, 2.05) is 18.2 Å². The van der Waals surface area contributed by atoms with Gasteiger partial charge in [0.25, 0.3) is 5.91 Å². The van der Waals surface area contributed by atoms with Crippen LogP contribution in [0.25, 0.3) is 0 Å². The SMILES string of the molecule is O=C(Nc1ccc(Cl)cc1)c1cccc(N2C(=O)[C@@H]3[C@H]4C[C@@H](C[C@H]4c4ccccc4)[C@@H]3C2=O)c1. The van der Waals surface area contributed by atoms with E-state index in [0.29, 0.717) is 27.9 Å². The molecule has 5 nitrogen and oxygen atoms in total. The van der Waals surface area contributed by atoms with E-state index >= 15 is 0 Å². The molecule has 0 unspecified atom stereocenters. The quantitative estimate of drug-likeness (QED) is 0.510. The van der Waals surface area contributed by atoms with Crippen molar-refractivity contribution in [2.45, 2.75) is 18.8 Å². The van der Waals surface area contributed by atoms with Gasteiger partial charge in [-0.25, -0.2) is 0 Å². The molecule has 170 valence electrons. The number of hydrogen-bond acceptors (Lipinski definition) is 3. The predicted octanol–water partition coefficient (Wildman–Crippen LogP) is 5.52. The summed E-state index contributed by atoms with van der Waals surface area (Å²) < 4.78 is 0. The van der Waals surface area contributed by atoms with Crippen LogP contribution in [0.5, 0.6) is 0 Å². The van der Waals surface area contributed by atoms with E-state index in [0.717, 1.165) is 12.8 Å². The molecule has 2 saturated carbocycles. The highest BCUT2D eigenvalue weighted by Crippen LogP contribution is 2.61. The minimum atomic E-state index is -0.312. The van der Waals surface area contributed by atoms with Crippen LogP contribution in [0.15, 0.2) is 78.9 Å². The van der Waals surface area contributed by atoms with E-state index in [9.17, 15) is 14.4 Å². The number of nitrogens with one attached hydrogen (secondary N) is 1. The van der Waals surface area contributed by atoms with Gasteiger partial charge in [-0.1, -0.05) is 48.0 Å². The molecular weight excluding hydrogens is 448 g/mol. The second-order valence-electron chi connectivity index (χ2n) is 9.49. The highest BCUT2D eigenvalue weighted by molar-refractivity contribution is 6.30. The third kappa shape index (κ3) is 3.34. The standard InChI is InChI=1S/C28H23ClN2O3/c29-19-9-11-20(12-10-19)30-26(32)17-7-4-8-21(13-17)31-27(33)24-18-14-22(16-5-2-1-3-6-16)23(15-18)25(24)28(31)34/h1-13,18,22-25H,14-15H2,(H,30,32)/t18-,22+,23+,24+,25-/m1/s1. The van der Waals surface area contributed by atoms with Crippen molar-refractivity contribution in [2.75, 3.05) is 10.2 Å². The molecule has 34 heavy (non-hydrogen) atoms. The fourth-order valence-electron chi connectivity index (χ4n) is 6.32. The molecule has 0 radical (unpaired) electrons. The fraction of sp³-hybridized carbons (Fsp3) is 0.250. The first-order valence-electron chi connectivity index (χ1n) is 11.6. The van der Waals surface area contributed by atoms with Gasteiger partial charge in [0.2, 0.25) is 11.8 Å². The van der Waals surface area contributed by atoms with Gasteiger partial charge in [-0.2, -0.15) is 0 Å². The number of fused-ring (bicyclic) bond motifs is 5. The van der Waals surface area contributed by atoms with Crippen molar-refractivity contribution in [3.8, 4) is 0 Å². The summed E-state index contributed by atoms with van der Waals surface area (Å²) in [5, 5.41) is 3.41. The van der Waals surface area contributed by atoms with Gasteiger partial charge in [0.05, 0.1) is 17.5 Å². The van der Waals surface area contributed by atoms with Gasteiger partial charge in [0.15, 0.2) is 0 Å². The van der Waals surface area contributed by atoms with E-state index in [2.05, 4.69) is 17.4 Å². The van der Waals surface area contributed by atoms with Gasteiger partial charge in [0, 0.05) is 16.3 Å². The number of nitrogens with zero attached hydrogens (tertiary/aromatic N) is 1. The summed E-state index contributed by atoms with van der Waals surface area (Å²) in [6.45, 7) is 0. The first-order chi connectivity index (χ1) is 16.5. The van der Waals surface area contributed by atoms with Gasteiger partial charge in [-0.05, 0) is 78.6 Å². The van der Waals surface area contributed by atoms with Crippen LogP contribution >= 0.6 is 11.6 Å². The van der Waals surface area contributed by atoms with Crippen molar-refractivity contribution in [1.82, 2.24) is 0 Å². The van der Waals surface area contributed by atoms with Gasteiger partial charge in [0.1, 0.15) is 0 Å². The Hall–Kier alpha value is -3.44. The maximum absolute atomic E-state index is 13.6. The van der Waals surface area contributed by atoms with Crippen molar-refractivity contribution < 1.29 is 14.4 Å². The average molecular weight is 471 g/mol. The Morgan fingerprint density at radius 1 is 0.853 bits per heavy atom. The lowest BCUT2D eigenvalue weighted by molar-refractivity contribution is -0.123. The third-order valence-electron chi connectivity index (χ3n) is 7.71. The summed E-state index contributed by atoms with van der Waals surface area (Å²) in [5.41, 5.74) is 2.72. The Balaban J connectivity index is 1.25. The van der Waals surface area contributed by atoms with Crippen LogP contribution < -0.4 is 10.2 Å². The largest absolute Gasteiger partial charge is 0.322 e. The smallest absolute Gasteiger partial charge is 0.255 e. The van der Waals surface area contributed by atoms with E-state index in [1.165, 1.54) is 10.5 Å². The number of imide groups is 1. The Kier molecular flexibility index (Phi) is 5.03. The summed E-state index contributed by atoms with van der Waals surface area (Å²) in [7, 11) is 0. The molecule has 2 aliphatic carbocycles. The Bertz CT molecular complexity index is 1290. The van der Waals surface area contributed by atoms with Crippen molar-refractivity contribution in [3.63, 3.8) is 0 Å². The highest BCUT2D eigenvalue weighted by Gasteiger charge is 2.64. The van der Waals surface area contributed by atoms with Crippen molar-refractivity contribution in [3.05, 3.63) is 95.0 Å². The van der Waals surface area contributed by atoms with Crippen LogP contribution in [0.3, 0.4) is 0 Å². The highest BCUT2D eigenvalue weighted by atomic mass is 35.5. The van der Waals surface area contributed by atoms with Gasteiger partial charge >= 0.3 is 0 Å². The molecule has 1 aliphatic heterocycles. The molecule has 2 bridgehead atoms. The van der Waals surface area contributed by atoms with Crippen LogP contribution in [0.1, 0.15) is 34.7 Å². The lowest BCUT2D eigenvalue weighted by atomic mass is 9.73. The summed E-state index contributed by atoms with van der Waals surface area (Å²) in [6.07, 6.45) is 1.88. The molecule has 6 heteroatoms. The average Bonchev–Trinajstić information content (AvgIpc) is 3.52. The van der Waals surface area contributed by atoms with Crippen molar-refractivity contribution in [2.24, 2.45) is 23.7 Å². The van der Waals surface area contributed by atoms with Crippen LogP contribution in [0, 0.1) is 23.7 Å². The predicted molar refractivity (Wildman–Crippen MR) is 131 cm³/mol. The first-order valence-corrected chi connectivity index (χ1v) is 12.0. The minimum Gasteiger partial charge on any atom is -0.322 e. The zero-order valence-electron chi connectivity index (χ0n) is 18.4. The molecule has 1 saturated heterocycles. The molecule has 3 aliphatic rings. The van der Waals surface area contributed by atoms with E-state index < -0.39 is 0 Å². The Labute approximate surface area is 202 Å². The molecule has 3 aromatic rings. The first kappa shape index (κ1) is 21.1. The van der Waals surface area contributed by atoms with E-state index in [1.54, 1.807) is 48.5 Å². The van der Waals surface area contributed by atoms with Gasteiger partial charge in [-0.15, -0.1) is 0 Å². The van der Waals surface area contributed by atoms with Crippen molar-refractivity contribution in [1.29, 1.82) is 0 Å². The van der Waals surface area contributed by atoms with Crippen molar-refractivity contribution >= 4 is 40.7 Å². The number of amides is 3. The topological polar surface area (TPSA) is 66.5 Å². The maximum Gasteiger partial charge on any atom is 0.255 e. The van der Waals surface area contributed by atoms with Gasteiger partial charge < -0.3 is 5.32 Å². The second kappa shape index (κ2) is 8.10. The van der Waals surface area contributed by atoms with Crippen LogP contribution in [0.4, 0.5) is 11.4 Å². The number of anilines is 2. The monoisotopic (exact) mass is 470 g/mol. The Morgan fingerprint density at radius 3 is 2.35 bits per heavy atom. The maximum atomic E-state index is 13.6. The summed E-state index contributed by atoms with van der Waals surface area (Å²) >= 11 is 5.91. The number of carbonyl (C=O) groups is 3. The summed E-state index contributed by atoms with van der Waals surface area (Å²) in [6, 6.07) is 23.9. The second-order valence-corrected chi connectivity index (χ2v) is 9.92. The van der Waals surface area contributed by atoms with Crippen LogP contribution in [-0.2, 0) is 9.59 Å². The third-order valence-corrected chi connectivity index (χ3v) is 7.96. The Morgan fingerprint density at radius 2 is 1.59 bits per heavy atom. The molecule has 3 amide bonds. The summed E-state index contributed by atoms with van der Waals surface area (Å²) in [4.78, 5) is 41.1. The molecule has 1 heterocycles. The molecule has 1 N–H and O–H groups in total. The zero-order valence-corrected chi connectivity index (χ0v) is 19.1. The number of hydrogen-bond donors (Lipinski definition) is 1. The number of rotatable bonds is 4. The number of halogens is 1. The molecule has 3 aromatic carbocycles. The molecule has 3 fully saturated rings. The number of benzene rings is 3. The molecule has 0 spiro atoms. The van der Waals surface area contributed by atoms with E-state index in [-0.39, 0.29) is 41.4 Å². The lowest BCUT2D eigenvalue weighted by Gasteiger charge is -2.28. The molecule has 0 aromatic heterocycles. The summed E-state index contributed by atoms with van der Waals surface area (Å²) in [5.74, 6) is -0.337. The fourth-order valence-corrected chi connectivity index (χ4v) is 6.45. The molecular formula is C28H23ClN2O3. The van der Waals surface area contributed by atoms with Crippen LogP contribution in [0.2, 0.25) is 5.02 Å². The number of carbonyl (C=O) groups excluding carboxylic acids is 3. The normalized spacial score (nSPS) is 27.2. The molecule has 6 rings (SSSR count). The zero-order chi connectivity index (χ0) is 23.4.